The van der Waals surface area contributed by atoms with E-state index in [1.54, 1.807) is 6.20 Å². The van der Waals surface area contributed by atoms with E-state index in [0.717, 1.165) is 36.8 Å². The molecule has 86 valence electrons. The van der Waals surface area contributed by atoms with Crippen LogP contribution in [0.4, 0.5) is 0 Å². The zero-order valence-corrected chi connectivity index (χ0v) is 9.80. The highest BCUT2D eigenvalue weighted by Gasteiger charge is 2.22. The number of H-pyrrole nitrogens is 1. The van der Waals surface area contributed by atoms with Crippen LogP contribution in [0.15, 0.2) is 11.0 Å². The Hall–Kier alpha value is -1.38. The molecule has 1 aromatic heterocycles. The van der Waals surface area contributed by atoms with Gasteiger partial charge in [0.2, 0.25) is 0 Å². The first-order chi connectivity index (χ1) is 7.61. The fourth-order valence-electron chi connectivity index (χ4n) is 2.28. The third kappa shape index (κ3) is 1.82. The molecule has 3 heteroatoms. The van der Waals surface area contributed by atoms with Crippen LogP contribution in [0.25, 0.3) is 0 Å². The van der Waals surface area contributed by atoms with E-state index >= 15 is 0 Å². The van der Waals surface area contributed by atoms with Crippen LogP contribution in [0, 0.1) is 5.92 Å². The van der Waals surface area contributed by atoms with Gasteiger partial charge in [-0.05, 0) is 36.8 Å². The molecule has 0 spiro atoms. The van der Waals surface area contributed by atoms with Gasteiger partial charge in [-0.3, -0.25) is 9.59 Å². The molecule has 1 aliphatic carbocycles. The fourth-order valence-corrected chi connectivity index (χ4v) is 2.28. The first-order valence-corrected chi connectivity index (χ1v) is 5.89. The molecular weight excluding hydrogens is 202 g/mol. The van der Waals surface area contributed by atoms with E-state index in [9.17, 15) is 9.59 Å². The highest BCUT2D eigenvalue weighted by atomic mass is 16.1. The van der Waals surface area contributed by atoms with Crippen molar-refractivity contribution in [3.8, 4) is 0 Å². The summed E-state index contributed by atoms with van der Waals surface area (Å²) in [4.78, 5) is 26.5. The number of fused-ring (bicyclic) bond motifs is 1. The lowest BCUT2D eigenvalue weighted by Gasteiger charge is -2.18. The molecule has 0 saturated carbocycles. The molecule has 3 nitrogen and oxygen atoms in total. The van der Waals surface area contributed by atoms with E-state index < -0.39 is 0 Å². The second-order valence-corrected chi connectivity index (χ2v) is 4.72. The molecule has 16 heavy (non-hydrogen) atoms. The average Bonchev–Trinajstić information content (AvgIpc) is 2.28. The molecule has 0 amide bonds. The summed E-state index contributed by atoms with van der Waals surface area (Å²) < 4.78 is 0. The van der Waals surface area contributed by atoms with Crippen LogP contribution in [0.3, 0.4) is 0 Å². The number of Topliss-reactive ketones (excluding diaryl/α,β-unsaturated/α-hetero) is 1. The number of aryl methyl sites for hydroxylation is 1. The minimum absolute atomic E-state index is 0.0278. The van der Waals surface area contributed by atoms with Crippen LogP contribution >= 0.6 is 0 Å². The lowest BCUT2D eigenvalue weighted by atomic mass is 9.87. The van der Waals surface area contributed by atoms with Gasteiger partial charge in [0.1, 0.15) is 0 Å². The molecule has 0 atom stereocenters. The summed E-state index contributed by atoms with van der Waals surface area (Å²) in [6.45, 7) is 3.67. The molecule has 1 N–H and O–H groups in total. The summed E-state index contributed by atoms with van der Waals surface area (Å²) in [6.07, 6.45) is 5.84. The van der Waals surface area contributed by atoms with E-state index in [2.05, 4.69) is 4.98 Å². The molecule has 0 radical (unpaired) electrons. The lowest BCUT2D eigenvalue weighted by Crippen LogP contribution is -2.26. The van der Waals surface area contributed by atoms with Gasteiger partial charge < -0.3 is 4.98 Å². The Morgan fingerprint density at radius 3 is 2.69 bits per heavy atom. The van der Waals surface area contributed by atoms with Crippen LogP contribution in [-0.4, -0.2) is 10.8 Å². The maximum atomic E-state index is 12.0. The van der Waals surface area contributed by atoms with Crippen molar-refractivity contribution in [2.75, 3.05) is 0 Å². The summed E-state index contributed by atoms with van der Waals surface area (Å²) in [7, 11) is 0. The van der Waals surface area contributed by atoms with Gasteiger partial charge in [-0.1, -0.05) is 13.8 Å². The van der Waals surface area contributed by atoms with Crippen molar-refractivity contribution in [1.29, 1.82) is 0 Å². The monoisotopic (exact) mass is 219 g/mol. The maximum absolute atomic E-state index is 12.0. The molecule has 1 aromatic rings. The molecule has 0 bridgehead atoms. The largest absolute Gasteiger partial charge is 0.328 e. The summed E-state index contributed by atoms with van der Waals surface area (Å²) >= 11 is 0. The van der Waals surface area contributed by atoms with Crippen molar-refractivity contribution in [2.24, 2.45) is 5.92 Å². The molecular formula is C13H17NO2. The lowest BCUT2D eigenvalue weighted by molar-refractivity contribution is 0.0936. The summed E-state index contributed by atoms with van der Waals surface area (Å²) in [5.41, 5.74) is 2.33. The highest BCUT2D eigenvalue weighted by Crippen LogP contribution is 2.23. The van der Waals surface area contributed by atoms with Crippen LogP contribution in [-0.2, 0) is 12.8 Å². The fraction of sp³-hybridized carbons (Fsp3) is 0.538. The quantitative estimate of drug-likeness (QED) is 0.774. The normalized spacial score (nSPS) is 14.9. The first-order valence-electron chi connectivity index (χ1n) is 5.89. The summed E-state index contributed by atoms with van der Waals surface area (Å²) in [5.74, 6) is -0.144. The van der Waals surface area contributed by atoms with E-state index in [4.69, 9.17) is 0 Å². The number of carbonyl (C=O) groups excluding carboxylic acids is 1. The predicted octanol–water partition coefficient (Wildman–Crippen LogP) is 2.09. The molecule has 2 rings (SSSR count). The Balaban J connectivity index is 2.58. The second kappa shape index (κ2) is 4.24. The Bertz CT molecular complexity index is 471. The van der Waals surface area contributed by atoms with Crippen LogP contribution in [0.5, 0.6) is 0 Å². The molecule has 0 aliphatic heterocycles. The van der Waals surface area contributed by atoms with Gasteiger partial charge in [0.15, 0.2) is 5.78 Å². The molecule has 0 aromatic carbocycles. The van der Waals surface area contributed by atoms with Crippen LogP contribution in [0.1, 0.15) is 48.2 Å². The molecule has 1 aliphatic rings. The topological polar surface area (TPSA) is 49.9 Å². The van der Waals surface area contributed by atoms with Crippen molar-refractivity contribution < 1.29 is 4.79 Å². The smallest absolute Gasteiger partial charge is 0.259 e. The number of ketones is 1. The number of rotatable bonds is 2. The second-order valence-electron chi connectivity index (χ2n) is 4.72. The van der Waals surface area contributed by atoms with Gasteiger partial charge in [-0.15, -0.1) is 0 Å². The summed E-state index contributed by atoms with van der Waals surface area (Å²) in [6, 6.07) is 0. The van der Waals surface area contributed by atoms with E-state index in [1.807, 2.05) is 13.8 Å². The minimum Gasteiger partial charge on any atom is -0.328 e. The Labute approximate surface area is 94.9 Å². The van der Waals surface area contributed by atoms with Crippen molar-refractivity contribution >= 4 is 5.78 Å². The predicted molar refractivity (Wildman–Crippen MR) is 62.9 cm³/mol. The number of hydrogen-bond acceptors (Lipinski definition) is 2. The zero-order chi connectivity index (χ0) is 11.7. The molecule has 1 heterocycles. The first kappa shape index (κ1) is 11.1. The van der Waals surface area contributed by atoms with Crippen LogP contribution < -0.4 is 5.56 Å². The molecule has 0 saturated heterocycles. The Morgan fingerprint density at radius 2 is 2.00 bits per heavy atom. The van der Waals surface area contributed by atoms with E-state index in [0.29, 0.717) is 5.56 Å². The number of carbonyl (C=O) groups is 1. The van der Waals surface area contributed by atoms with Gasteiger partial charge >= 0.3 is 0 Å². The van der Waals surface area contributed by atoms with Gasteiger partial charge in [-0.25, -0.2) is 0 Å². The third-order valence-electron chi connectivity index (χ3n) is 3.19. The third-order valence-corrected chi connectivity index (χ3v) is 3.19. The number of aromatic nitrogens is 1. The van der Waals surface area contributed by atoms with Crippen molar-refractivity contribution in [1.82, 2.24) is 4.98 Å². The summed E-state index contributed by atoms with van der Waals surface area (Å²) in [5, 5.41) is 0. The van der Waals surface area contributed by atoms with Crippen LogP contribution in [0.2, 0.25) is 0 Å². The van der Waals surface area contributed by atoms with Gasteiger partial charge in [0.25, 0.3) is 5.56 Å². The Morgan fingerprint density at radius 1 is 1.31 bits per heavy atom. The SMILES string of the molecule is CC(C)C(=O)c1c2c(c[nH]c1=O)CCCC2. The zero-order valence-electron chi connectivity index (χ0n) is 9.80. The van der Waals surface area contributed by atoms with E-state index in [1.165, 1.54) is 0 Å². The highest BCUT2D eigenvalue weighted by molar-refractivity contribution is 5.98. The van der Waals surface area contributed by atoms with Gasteiger partial charge in [-0.2, -0.15) is 0 Å². The maximum Gasteiger partial charge on any atom is 0.259 e. The number of pyridine rings is 1. The number of nitrogens with one attached hydrogen (secondary N) is 1. The molecule has 0 unspecified atom stereocenters. The Kier molecular flexibility index (Phi) is 2.95. The van der Waals surface area contributed by atoms with Gasteiger partial charge in [0, 0.05) is 12.1 Å². The number of hydrogen-bond donors (Lipinski definition) is 1. The minimum atomic E-state index is -0.223. The van der Waals surface area contributed by atoms with Crippen molar-refractivity contribution in [2.45, 2.75) is 39.5 Å². The van der Waals surface area contributed by atoms with Crippen molar-refractivity contribution in [3.63, 3.8) is 0 Å². The standard InChI is InChI=1S/C13H17NO2/c1-8(2)12(15)11-10-6-4-3-5-9(10)7-14-13(11)16/h7-8H,3-6H2,1-2H3,(H,14,16). The van der Waals surface area contributed by atoms with E-state index in [-0.39, 0.29) is 17.3 Å². The van der Waals surface area contributed by atoms with Crippen molar-refractivity contribution in [3.05, 3.63) is 33.2 Å². The molecule has 0 fully saturated rings. The number of aromatic amines is 1. The average molecular weight is 219 g/mol. The van der Waals surface area contributed by atoms with Gasteiger partial charge in [0.05, 0.1) is 5.56 Å².